The van der Waals surface area contributed by atoms with Crippen molar-refractivity contribution in [2.75, 3.05) is 27.2 Å². The topological polar surface area (TPSA) is 57.5 Å². The van der Waals surface area contributed by atoms with Crippen LogP contribution >= 0.6 is 35.6 Å². The van der Waals surface area contributed by atoms with Gasteiger partial charge in [-0.2, -0.15) is 5.10 Å². The van der Waals surface area contributed by atoms with E-state index < -0.39 is 0 Å². The molecule has 1 aliphatic heterocycles. The number of benzene rings is 1. The molecule has 1 aromatic carbocycles. The Morgan fingerprint density at radius 3 is 2.66 bits per heavy atom. The van der Waals surface area contributed by atoms with Gasteiger partial charge in [0, 0.05) is 49.5 Å². The van der Waals surface area contributed by atoms with Gasteiger partial charge in [0.15, 0.2) is 5.96 Å². The van der Waals surface area contributed by atoms with Crippen LogP contribution in [0.25, 0.3) is 0 Å². The molecule has 178 valence electrons. The SMILES string of the molecule is CCc1nn(C)c(CC)c1CNC(=NC)NCC1CCCN(C)C1c1cccc(Cl)c1.I. The van der Waals surface area contributed by atoms with Gasteiger partial charge in [-0.15, -0.1) is 24.0 Å². The molecule has 1 aromatic heterocycles. The van der Waals surface area contributed by atoms with Crippen LogP contribution in [0.2, 0.25) is 5.02 Å². The maximum absolute atomic E-state index is 6.29. The summed E-state index contributed by atoms with van der Waals surface area (Å²) in [5.41, 5.74) is 5.04. The predicted molar refractivity (Wildman–Crippen MR) is 145 cm³/mol. The van der Waals surface area contributed by atoms with Crippen LogP contribution < -0.4 is 10.6 Å². The van der Waals surface area contributed by atoms with E-state index in [0.29, 0.717) is 12.0 Å². The molecule has 2 unspecified atom stereocenters. The summed E-state index contributed by atoms with van der Waals surface area (Å²) < 4.78 is 2.01. The number of rotatable bonds is 7. The van der Waals surface area contributed by atoms with Gasteiger partial charge in [0.25, 0.3) is 0 Å². The highest BCUT2D eigenvalue weighted by Gasteiger charge is 2.30. The molecule has 1 aliphatic rings. The van der Waals surface area contributed by atoms with E-state index in [9.17, 15) is 0 Å². The molecular formula is C24H38ClIN6. The Morgan fingerprint density at radius 2 is 2.00 bits per heavy atom. The molecule has 0 saturated carbocycles. The Hall–Kier alpha value is -1.32. The van der Waals surface area contributed by atoms with Crippen molar-refractivity contribution in [3.8, 4) is 0 Å². The molecule has 2 N–H and O–H groups in total. The summed E-state index contributed by atoms with van der Waals surface area (Å²) in [6.45, 7) is 7.06. The average molecular weight is 573 g/mol. The number of guanidine groups is 1. The van der Waals surface area contributed by atoms with E-state index in [1.807, 2.05) is 24.8 Å². The van der Waals surface area contributed by atoms with Gasteiger partial charge >= 0.3 is 0 Å². The summed E-state index contributed by atoms with van der Waals surface area (Å²) >= 11 is 6.29. The van der Waals surface area contributed by atoms with Crippen LogP contribution in [0.4, 0.5) is 0 Å². The minimum absolute atomic E-state index is 0. The molecule has 6 nitrogen and oxygen atoms in total. The second-order valence-electron chi connectivity index (χ2n) is 8.39. The fourth-order valence-corrected chi connectivity index (χ4v) is 5.10. The zero-order chi connectivity index (χ0) is 22.4. The van der Waals surface area contributed by atoms with Crippen LogP contribution in [0.15, 0.2) is 29.3 Å². The number of hydrogen-bond acceptors (Lipinski definition) is 3. The smallest absolute Gasteiger partial charge is 0.191 e. The first-order valence-corrected chi connectivity index (χ1v) is 11.8. The zero-order valence-corrected chi connectivity index (χ0v) is 23.1. The first-order valence-electron chi connectivity index (χ1n) is 11.4. The number of likely N-dealkylation sites (tertiary alicyclic amines) is 1. The molecule has 0 amide bonds. The van der Waals surface area contributed by atoms with Crippen molar-refractivity contribution in [1.82, 2.24) is 25.3 Å². The molecule has 3 rings (SSSR count). The summed E-state index contributed by atoms with van der Waals surface area (Å²) in [4.78, 5) is 6.92. The molecule has 8 heteroatoms. The van der Waals surface area contributed by atoms with Crippen LogP contribution in [0.5, 0.6) is 0 Å². The molecular weight excluding hydrogens is 535 g/mol. The third kappa shape index (κ3) is 6.38. The quantitative estimate of drug-likeness (QED) is 0.290. The number of halogens is 2. The summed E-state index contributed by atoms with van der Waals surface area (Å²) in [5, 5.41) is 12.6. The third-order valence-electron chi connectivity index (χ3n) is 6.41. The molecule has 0 radical (unpaired) electrons. The van der Waals surface area contributed by atoms with Gasteiger partial charge in [0.05, 0.1) is 5.69 Å². The number of hydrogen-bond donors (Lipinski definition) is 2. The molecule has 0 aliphatic carbocycles. The van der Waals surface area contributed by atoms with E-state index in [1.54, 1.807) is 0 Å². The van der Waals surface area contributed by atoms with Crippen molar-refractivity contribution in [3.05, 3.63) is 51.8 Å². The van der Waals surface area contributed by atoms with Crippen LogP contribution in [0, 0.1) is 5.92 Å². The Bertz CT molecular complexity index is 897. The molecule has 2 heterocycles. The first-order chi connectivity index (χ1) is 15.0. The van der Waals surface area contributed by atoms with Crippen LogP contribution in [0.1, 0.15) is 55.2 Å². The monoisotopic (exact) mass is 572 g/mol. The highest BCUT2D eigenvalue weighted by atomic mass is 127. The van der Waals surface area contributed by atoms with E-state index in [1.165, 1.54) is 29.7 Å². The summed E-state index contributed by atoms with van der Waals surface area (Å²) in [7, 11) is 6.08. The standard InChI is InChI=1S/C24H37ClN6.HI/c1-6-21-20(22(7-2)31(5)29-21)16-28-24(26-3)27-15-18-11-9-13-30(4)23(18)17-10-8-12-19(25)14-17;/h8,10,12,14,18,23H,6-7,9,11,13,15-16H2,1-5H3,(H2,26,27,28);1H. The maximum atomic E-state index is 6.29. The minimum Gasteiger partial charge on any atom is -0.356 e. The van der Waals surface area contributed by atoms with Crippen molar-refractivity contribution in [2.24, 2.45) is 18.0 Å². The first kappa shape index (κ1) is 26.9. The molecule has 0 spiro atoms. The van der Waals surface area contributed by atoms with Crippen molar-refractivity contribution in [3.63, 3.8) is 0 Å². The van der Waals surface area contributed by atoms with Gasteiger partial charge in [-0.05, 0) is 62.9 Å². The van der Waals surface area contributed by atoms with Crippen molar-refractivity contribution in [2.45, 2.75) is 52.1 Å². The van der Waals surface area contributed by atoms with Gasteiger partial charge in [-0.3, -0.25) is 14.6 Å². The zero-order valence-electron chi connectivity index (χ0n) is 20.0. The Labute approximate surface area is 215 Å². The molecule has 2 atom stereocenters. The highest BCUT2D eigenvalue weighted by Crippen LogP contribution is 2.35. The molecule has 32 heavy (non-hydrogen) atoms. The lowest BCUT2D eigenvalue weighted by molar-refractivity contribution is 0.122. The van der Waals surface area contributed by atoms with Gasteiger partial charge in [-0.25, -0.2) is 0 Å². The van der Waals surface area contributed by atoms with E-state index in [4.69, 9.17) is 11.6 Å². The predicted octanol–water partition coefficient (Wildman–Crippen LogP) is 4.56. The van der Waals surface area contributed by atoms with E-state index in [0.717, 1.165) is 49.2 Å². The Balaban J connectivity index is 0.00000363. The lowest BCUT2D eigenvalue weighted by Crippen LogP contribution is -2.45. The summed E-state index contributed by atoms with van der Waals surface area (Å²) in [6, 6.07) is 8.65. The number of nitrogens with one attached hydrogen (secondary N) is 2. The number of piperidine rings is 1. The lowest BCUT2D eigenvalue weighted by Gasteiger charge is -2.40. The molecule has 1 fully saturated rings. The van der Waals surface area contributed by atoms with Crippen molar-refractivity contribution >= 4 is 41.5 Å². The van der Waals surface area contributed by atoms with Crippen molar-refractivity contribution in [1.29, 1.82) is 0 Å². The molecule has 0 bridgehead atoms. The molecule has 2 aromatic rings. The van der Waals surface area contributed by atoms with Crippen LogP contribution in [-0.4, -0.2) is 47.8 Å². The third-order valence-corrected chi connectivity index (χ3v) is 6.65. The van der Waals surface area contributed by atoms with E-state index in [-0.39, 0.29) is 24.0 Å². The van der Waals surface area contributed by atoms with Gasteiger partial charge in [-0.1, -0.05) is 37.6 Å². The van der Waals surface area contributed by atoms with Crippen molar-refractivity contribution < 1.29 is 0 Å². The van der Waals surface area contributed by atoms with E-state index in [2.05, 4.69) is 64.7 Å². The van der Waals surface area contributed by atoms with Crippen LogP contribution in [-0.2, 0) is 26.4 Å². The second kappa shape index (κ2) is 12.8. The normalized spacial score (nSPS) is 19.5. The van der Waals surface area contributed by atoms with Crippen LogP contribution in [0.3, 0.4) is 0 Å². The Morgan fingerprint density at radius 1 is 1.22 bits per heavy atom. The number of aryl methyl sites for hydroxylation is 2. The fraction of sp³-hybridized carbons (Fsp3) is 0.583. The van der Waals surface area contributed by atoms with Gasteiger partial charge in [0.1, 0.15) is 0 Å². The van der Waals surface area contributed by atoms with Gasteiger partial charge < -0.3 is 10.6 Å². The second-order valence-corrected chi connectivity index (χ2v) is 8.83. The number of aromatic nitrogens is 2. The highest BCUT2D eigenvalue weighted by molar-refractivity contribution is 14.0. The fourth-order valence-electron chi connectivity index (χ4n) is 4.91. The van der Waals surface area contributed by atoms with Gasteiger partial charge in [0.2, 0.25) is 0 Å². The summed E-state index contributed by atoms with van der Waals surface area (Å²) in [6.07, 6.45) is 4.31. The number of aliphatic imine (C=N–C) groups is 1. The average Bonchev–Trinajstić information content (AvgIpc) is 3.08. The van der Waals surface area contributed by atoms with E-state index >= 15 is 0 Å². The maximum Gasteiger partial charge on any atom is 0.191 e. The molecule has 1 saturated heterocycles. The Kier molecular flexibility index (Phi) is 10.8. The minimum atomic E-state index is 0. The largest absolute Gasteiger partial charge is 0.356 e. The lowest BCUT2D eigenvalue weighted by atomic mass is 9.85. The number of nitrogens with zero attached hydrogens (tertiary/aromatic N) is 4. The summed E-state index contributed by atoms with van der Waals surface area (Å²) in [5.74, 6) is 1.33.